The third-order valence-corrected chi connectivity index (χ3v) is 3.96. The second kappa shape index (κ2) is 6.70. The summed E-state index contributed by atoms with van der Waals surface area (Å²) in [6, 6.07) is 16.1. The van der Waals surface area contributed by atoms with Crippen LogP contribution < -0.4 is 0 Å². The van der Waals surface area contributed by atoms with Gasteiger partial charge in [-0.05, 0) is 27.6 Å². The average Bonchev–Trinajstić information content (AvgIpc) is 2.59. The van der Waals surface area contributed by atoms with E-state index in [9.17, 15) is 22.4 Å². The maximum atomic E-state index is 13.0. The summed E-state index contributed by atoms with van der Waals surface area (Å²) in [7, 11) is 0. The minimum atomic E-state index is -4.18. The zero-order valence-corrected chi connectivity index (χ0v) is 13.0. The van der Waals surface area contributed by atoms with Gasteiger partial charge in [-0.3, -0.25) is 0 Å². The third kappa shape index (κ3) is 3.43. The fraction of sp³-hybridized carbons (Fsp3) is 0.211. The predicted molar refractivity (Wildman–Crippen MR) is 87.3 cm³/mol. The van der Waals surface area contributed by atoms with Crippen LogP contribution in [-0.4, -0.2) is 24.9 Å². The lowest BCUT2D eigenvalue weighted by Crippen LogP contribution is -2.28. The van der Waals surface area contributed by atoms with E-state index in [2.05, 4.69) is 0 Å². The molecule has 3 aromatic carbocycles. The van der Waals surface area contributed by atoms with Crippen LogP contribution in [0.2, 0.25) is 0 Å². The summed E-state index contributed by atoms with van der Waals surface area (Å²) in [6.45, 7) is -0.784. The maximum Gasteiger partial charge on any atom is 0.339 e. The van der Waals surface area contributed by atoms with Crippen molar-refractivity contribution in [2.45, 2.75) is 18.8 Å². The Morgan fingerprint density at radius 2 is 1.48 bits per heavy atom. The Labute approximate surface area is 141 Å². The van der Waals surface area contributed by atoms with Gasteiger partial charge in [-0.25, -0.2) is 22.4 Å². The van der Waals surface area contributed by atoms with E-state index in [0.29, 0.717) is 10.8 Å². The smallest absolute Gasteiger partial charge is 0.339 e. The molecule has 0 bridgehead atoms. The summed E-state index contributed by atoms with van der Waals surface area (Å²) in [5, 5.41) is 2.83. The number of ether oxygens (including phenoxy) is 1. The average molecular weight is 350 g/mol. The number of fused-ring (bicyclic) bond motifs is 2. The molecule has 0 radical (unpaired) electrons. The molecule has 0 spiro atoms. The van der Waals surface area contributed by atoms with Crippen LogP contribution in [0.4, 0.5) is 17.6 Å². The molecular weight excluding hydrogens is 336 g/mol. The summed E-state index contributed by atoms with van der Waals surface area (Å²) in [5.41, 5.74) is 0.245. The number of esters is 1. The van der Waals surface area contributed by atoms with Crippen molar-refractivity contribution in [2.24, 2.45) is 0 Å². The molecule has 0 saturated heterocycles. The van der Waals surface area contributed by atoms with Crippen molar-refractivity contribution in [1.82, 2.24) is 0 Å². The van der Waals surface area contributed by atoms with Gasteiger partial charge >= 0.3 is 18.3 Å². The fourth-order valence-corrected chi connectivity index (χ4v) is 2.69. The van der Waals surface area contributed by atoms with Crippen LogP contribution in [0.3, 0.4) is 0 Å². The molecule has 0 amide bonds. The lowest BCUT2D eigenvalue weighted by molar-refractivity contribution is -0.138. The first-order chi connectivity index (χ1) is 11.9. The van der Waals surface area contributed by atoms with Gasteiger partial charge < -0.3 is 4.74 Å². The van der Waals surface area contributed by atoms with Crippen LogP contribution in [0.5, 0.6) is 0 Å². The minimum absolute atomic E-state index is 0.245. The third-order valence-electron chi connectivity index (χ3n) is 3.96. The van der Waals surface area contributed by atoms with Gasteiger partial charge in [0.1, 0.15) is 0 Å². The Balaban J connectivity index is 1.94. The Hall–Kier alpha value is -2.63. The van der Waals surface area contributed by atoms with E-state index >= 15 is 0 Å². The van der Waals surface area contributed by atoms with Crippen molar-refractivity contribution in [1.29, 1.82) is 0 Å². The predicted octanol–water partition coefficient (Wildman–Crippen LogP) is 5.44. The monoisotopic (exact) mass is 350 g/mol. The van der Waals surface area contributed by atoms with Gasteiger partial charge in [0, 0.05) is 0 Å². The molecule has 0 aliphatic heterocycles. The van der Waals surface area contributed by atoms with Gasteiger partial charge in [-0.15, -0.1) is 0 Å². The summed E-state index contributed by atoms with van der Waals surface area (Å²) >= 11 is 0. The van der Waals surface area contributed by atoms with E-state index in [1.165, 1.54) is 0 Å². The normalized spacial score (nSPS) is 12.0. The Bertz CT molecular complexity index is 868. The molecule has 6 heteroatoms. The lowest BCUT2D eigenvalue weighted by atomic mass is 9.97. The van der Waals surface area contributed by atoms with E-state index < -0.39 is 31.3 Å². The molecule has 0 saturated carbocycles. The van der Waals surface area contributed by atoms with Gasteiger partial charge in [0.25, 0.3) is 0 Å². The van der Waals surface area contributed by atoms with Gasteiger partial charge in [0.2, 0.25) is 0 Å². The van der Waals surface area contributed by atoms with Crippen LogP contribution >= 0.6 is 0 Å². The highest BCUT2D eigenvalue weighted by Crippen LogP contribution is 2.30. The van der Waals surface area contributed by atoms with E-state index in [4.69, 9.17) is 4.74 Å². The van der Waals surface area contributed by atoms with Crippen LogP contribution in [0.15, 0.2) is 54.6 Å². The van der Waals surface area contributed by atoms with E-state index in [0.717, 1.165) is 10.8 Å². The highest BCUT2D eigenvalue weighted by atomic mass is 19.3. The molecular formula is C19H14F4O2. The number of hydrogen-bond donors (Lipinski definition) is 0. The highest BCUT2D eigenvalue weighted by Gasteiger charge is 2.40. The van der Waals surface area contributed by atoms with Crippen LogP contribution in [0, 0.1) is 0 Å². The molecule has 2 nitrogen and oxygen atoms in total. The number of carbonyl (C=O) groups is 1. The van der Waals surface area contributed by atoms with Crippen LogP contribution in [0.1, 0.15) is 16.8 Å². The number of benzene rings is 3. The van der Waals surface area contributed by atoms with Crippen molar-refractivity contribution in [3.8, 4) is 0 Å². The molecule has 0 aromatic heterocycles. The van der Waals surface area contributed by atoms with Crippen molar-refractivity contribution in [3.63, 3.8) is 0 Å². The Morgan fingerprint density at radius 3 is 2.00 bits per heavy atom. The first-order valence-electron chi connectivity index (χ1n) is 7.64. The fourth-order valence-electron chi connectivity index (χ4n) is 2.69. The van der Waals surface area contributed by atoms with Gasteiger partial charge in [0.05, 0.1) is 18.6 Å². The first-order valence-corrected chi connectivity index (χ1v) is 7.64. The van der Waals surface area contributed by atoms with Crippen molar-refractivity contribution in [3.05, 3.63) is 60.2 Å². The molecule has 3 aromatic rings. The number of halogens is 4. The molecule has 0 unspecified atom stereocenters. The second-order valence-electron chi connectivity index (χ2n) is 5.64. The standard InChI is InChI=1S/C19H14F4O2/c20-18(21)19(22,23)9-10-25-17(24)16-14-7-3-1-5-12(14)11-13-6-2-4-8-15(13)16/h1-8,11,18H,9-10H2. The van der Waals surface area contributed by atoms with Crippen molar-refractivity contribution >= 4 is 27.5 Å². The zero-order chi connectivity index (χ0) is 18.0. The molecule has 0 heterocycles. The maximum absolute atomic E-state index is 13.0. The molecule has 3 rings (SSSR count). The van der Waals surface area contributed by atoms with E-state index in [1.807, 2.05) is 30.3 Å². The zero-order valence-electron chi connectivity index (χ0n) is 13.0. The molecule has 0 aliphatic carbocycles. The van der Waals surface area contributed by atoms with Gasteiger partial charge in [-0.1, -0.05) is 48.5 Å². The number of carbonyl (C=O) groups excluding carboxylic acids is 1. The molecule has 0 aliphatic rings. The topological polar surface area (TPSA) is 26.3 Å². The van der Waals surface area contributed by atoms with Gasteiger partial charge in [0.15, 0.2) is 0 Å². The van der Waals surface area contributed by atoms with Crippen LogP contribution in [0.25, 0.3) is 21.5 Å². The minimum Gasteiger partial charge on any atom is -0.462 e. The first kappa shape index (κ1) is 17.2. The quantitative estimate of drug-likeness (QED) is 0.348. The van der Waals surface area contributed by atoms with Crippen molar-refractivity contribution < 1.29 is 27.1 Å². The Kier molecular flexibility index (Phi) is 4.61. The highest BCUT2D eigenvalue weighted by molar-refractivity contribution is 6.16. The van der Waals surface area contributed by atoms with Crippen molar-refractivity contribution in [2.75, 3.05) is 6.61 Å². The summed E-state index contributed by atoms with van der Waals surface area (Å²) < 4.78 is 55.2. The van der Waals surface area contributed by atoms with Crippen LogP contribution in [-0.2, 0) is 4.74 Å². The van der Waals surface area contributed by atoms with E-state index in [1.54, 1.807) is 24.3 Å². The SMILES string of the molecule is O=C(OCCC(F)(F)C(F)F)c1c2ccccc2cc2ccccc12. The van der Waals surface area contributed by atoms with E-state index in [-0.39, 0.29) is 5.56 Å². The van der Waals surface area contributed by atoms with Gasteiger partial charge in [-0.2, -0.15) is 0 Å². The summed E-state index contributed by atoms with van der Waals surface area (Å²) in [4.78, 5) is 12.5. The molecule has 0 atom stereocenters. The lowest BCUT2D eigenvalue weighted by Gasteiger charge is -2.15. The molecule has 130 valence electrons. The molecule has 25 heavy (non-hydrogen) atoms. The summed E-state index contributed by atoms with van der Waals surface area (Å²) in [6.07, 6.45) is -5.01. The largest absolute Gasteiger partial charge is 0.462 e. The number of rotatable bonds is 5. The summed E-state index contributed by atoms with van der Waals surface area (Å²) in [5.74, 6) is -4.99. The molecule has 0 fully saturated rings. The number of alkyl halides is 4. The molecule has 0 N–H and O–H groups in total. The second-order valence-corrected chi connectivity index (χ2v) is 5.64. The number of hydrogen-bond acceptors (Lipinski definition) is 2. The Morgan fingerprint density at radius 1 is 0.960 bits per heavy atom.